The number of nitrogens with two attached hydrogens (primary N) is 1. The van der Waals surface area contributed by atoms with Crippen molar-refractivity contribution in [3.8, 4) is 0 Å². The van der Waals surface area contributed by atoms with Crippen LogP contribution in [0.2, 0.25) is 5.02 Å². The second kappa shape index (κ2) is 3.36. The standard InChI is InChI=1S/C8H7ClN2O/c1-2-5-6(9)3-4-11-7(5)8(10)12/h2-4H,1H2,(H2,10,12). The van der Waals surface area contributed by atoms with Gasteiger partial charge in [-0.25, -0.2) is 0 Å². The van der Waals surface area contributed by atoms with Crippen molar-refractivity contribution in [2.24, 2.45) is 5.73 Å². The number of carbonyl (C=O) groups is 1. The van der Waals surface area contributed by atoms with Crippen LogP contribution in [0.3, 0.4) is 0 Å². The summed E-state index contributed by atoms with van der Waals surface area (Å²) < 4.78 is 0. The van der Waals surface area contributed by atoms with E-state index in [1.807, 2.05) is 0 Å². The topological polar surface area (TPSA) is 56.0 Å². The first-order chi connectivity index (χ1) is 5.66. The molecule has 2 N–H and O–H groups in total. The fourth-order valence-corrected chi connectivity index (χ4v) is 1.06. The SMILES string of the molecule is C=Cc1c(Cl)ccnc1C(N)=O. The van der Waals surface area contributed by atoms with Gasteiger partial charge in [0.25, 0.3) is 5.91 Å². The van der Waals surface area contributed by atoms with Gasteiger partial charge >= 0.3 is 0 Å². The maximum atomic E-state index is 10.8. The third kappa shape index (κ3) is 1.46. The van der Waals surface area contributed by atoms with Gasteiger partial charge in [0.15, 0.2) is 0 Å². The highest BCUT2D eigenvalue weighted by Gasteiger charge is 2.09. The van der Waals surface area contributed by atoms with Crippen LogP contribution in [0.1, 0.15) is 16.1 Å². The van der Waals surface area contributed by atoms with Gasteiger partial charge in [0.2, 0.25) is 0 Å². The van der Waals surface area contributed by atoms with Crippen molar-refractivity contribution in [1.82, 2.24) is 4.98 Å². The zero-order chi connectivity index (χ0) is 9.14. The number of primary amides is 1. The average molecular weight is 183 g/mol. The summed E-state index contributed by atoms with van der Waals surface area (Å²) in [5, 5.41) is 0.425. The Morgan fingerprint density at radius 3 is 2.83 bits per heavy atom. The Hall–Kier alpha value is -1.35. The number of aromatic nitrogens is 1. The number of hydrogen-bond acceptors (Lipinski definition) is 2. The molecule has 0 saturated heterocycles. The van der Waals surface area contributed by atoms with Crippen LogP contribution >= 0.6 is 11.6 Å². The first kappa shape index (κ1) is 8.74. The van der Waals surface area contributed by atoms with Gasteiger partial charge in [0, 0.05) is 11.8 Å². The molecule has 0 aliphatic carbocycles. The summed E-state index contributed by atoms with van der Waals surface area (Å²) in [6.45, 7) is 3.50. The van der Waals surface area contributed by atoms with Crippen molar-refractivity contribution in [2.45, 2.75) is 0 Å². The van der Waals surface area contributed by atoms with Crippen molar-refractivity contribution >= 4 is 23.6 Å². The van der Waals surface area contributed by atoms with E-state index in [0.717, 1.165) is 0 Å². The molecule has 1 rings (SSSR count). The molecular formula is C8H7ClN2O. The summed E-state index contributed by atoms with van der Waals surface area (Å²) in [6, 6.07) is 1.57. The monoisotopic (exact) mass is 182 g/mol. The lowest BCUT2D eigenvalue weighted by atomic mass is 10.2. The highest BCUT2D eigenvalue weighted by Crippen LogP contribution is 2.18. The van der Waals surface area contributed by atoms with Gasteiger partial charge < -0.3 is 5.73 Å². The maximum Gasteiger partial charge on any atom is 0.267 e. The molecule has 0 atom stereocenters. The van der Waals surface area contributed by atoms with Crippen LogP contribution < -0.4 is 5.73 Å². The number of amides is 1. The highest BCUT2D eigenvalue weighted by molar-refractivity contribution is 6.32. The van der Waals surface area contributed by atoms with Crippen LogP contribution in [0, 0.1) is 0 Å². The maximum absolute atomic E-state index is 10.8. The highest BCUT2D eigenvalue weighted by atomic mass is 35.5. The van der Waals surface area contributed by atoms with E-state index in [2.05, 4.69) is 11.6 Å². The summed E-state index contributed by atoms with van der Waals surface area (Å²) in [7, 11) is 0. The predicted molar refractivity (Wildman–Crippen MR) is 47.9 cm³/mol. The van der Waals surface area contributed by atoms with Crippen LogP contribution in [0.25, 0.3) is 6.08 Å². The first-order valence-electron chi connectivity index (χ1n) is 3.23. The van der Waals surface area contributed by atoms with Crippen LogP contribution in [0.4, 0.5) is 0 Å². The Bertz CT molecular complexity index is 336. The molecule has 1 aromatic heterocycles. The van der Waals surface area contributed by atoms with Crippen LogP contribution in [-0.4, -0.2) is 10.9 Å². The molecule has 0 spiro atoms. The lowest BCUT2D eigenvalue weighted by Gasteiger charge is -2.01. The number of pyridine rings is 1. The summed E-state index contributed by atoms with van der Waals surface area (Å²) in [5.74, 6) is -0.604. The van der Waals surface area contributed by atoms with Gasteiger partial charge in [-0.1, -0.05) is 24.3 Å². The lowest BCUT2D eigenvalue weighted by molar-refractivity contribution is 0.0995. The average Bonchev–Trinajstić information content (AvgIpc) is 2.03. The second-order valence-electron chi connectivity index (χ2n) is 2.12. The third-order valence-corrected chi connectivity index (χ3v) is 1.70. The molecule has 4 heteroatoms. The van der Waals surface area contributed by atoms with Crippen molar-refractivity contribution in [3.05, 3.63) is 35.1 Å². The Morgan fingerprint density at radius 2 is 2.42 bits per heavy atom. The Kier molecular flexibility index (Phi) is 2.45. The summed E-state index contributed by atoms with van der Waals surface area (Å²) in [4.78, 5) is 14.6. The molecule has 0 fully saturated rings. The zero-order valence-electron chi connectivity index (χ0n) is 6.25. The van der Waals surface area contributed by atoms with Gasteiger partial charge in [-0.05, 0) is 6.07 Å². The van der Waals surface area contributed by atoms with Crippen LogP contribution in [0.5, 0.6) is 0 Å². The van der Waals surface area contributed by atoms with Crippen molar-refractivity contribution in [1.29, 1.82) is 0 Å². The van der Waals surface area contributed by atoms with E-state index in [-0.39, 0.29) is 5.69 Å². The number of carbonyl (C=O) groups excluding carboxylic acids is 1. The predicted octanol–water partition coefficient (Wildman–Crippen LogP) is 1.48. The Labute approximate surface area is 74.9 Å². The molecule has 0 radical (unpaired) electrons. The molecule has 0 aromatic carbocycles. The van der Waals surface area contributed by atoms with Crippen molar-refractivity contribution in [2.75, 3.05) is 0 Å². The Balaban J connectivity index is 3.37. The quantitative estimate of drug-likeness (QED) is 0.753. The van der Waals surface area contributed by atoms with E-state index in [1.54, 1.807) is 6.07 Å². The minimum absolute atomic E-state index is 0.150. The molecule has 12 heavy (non-hydrogen) atoms. The van der Waals surface area contributed by atoms with E-state index in [0.29, 0.717) is 10.6 Å². The number of hydrogen-bond donors (Lipinski definition) is 1. The van der Waals surface area contributed by atoms with Gasteiger partial charge in [-0.3, -0.25) is 9.78 Å². The van der Waals surface area contributed by atoms with E-state index in [1.165, 1.54) is 12.3 Å². The molecule has 0 saturated carbocycles. The van der Waals surface area contributed by atoms with Crippen molar-refractivity contribution < 1.29 is 4.79 Å². The van der Waals surface area contributed by atoms with Gasteiger partial charge in [0.05, 0.1) is 5.02 Å². The lowest BCUT2D eigenvalue weighted by Crippen LogP contribution is -2.14. The number of rotatable bonds is 2. The zero-order valence-corrected chi connectivity index (χ0v) is 7.01. The Morgan fingerprint density at radius 1 is 1.75 bits per heavy atom. The van der Waals surface area contributed by atoms with Gasteiger partial charge in [0.1, 0.15) is 5.69 Å². The molecule has 0 unspecified atom stereocenters. The normalized spacial score (nSPS) is 9.42. The van der Waals surface area contributed by atoms with Crippen LogP contribution in [0.15, 0.2) is 18.8 Å². The van der Waals surface area contributed by atoms with Crippen molar-refractivity contribution in [3.63, 3.8) is 0 Å². The third-order valence-electron chi connectivity index (χ3n) is 1.37. The summed E-state index contributed by atoms with van der Waals surface area (Å²) >= 11 is 5.75. The van der Waals surface area contributed by atoms with E-state index in [4.69, 9.17) is 17.3 Å². The molecule has 0 aliphatic heterocycles. The minimum Gasteiger partial charge on any atom is -0.364 e. The van der Waals surface area contributed by atoms with Crippen LogP contribution in [-0.2, 0) is 0 Å². The van der Waals surface area contributed by atoms with Gasteiger partial charge in [-0.15, -0.1) is 0 Å². The smallest absolute Gasteiger partial charge is 0.267 e. The fourth-order valence-electron chi connectivity index (χ4n) is 0.840. The minimum atomic E-state index is -0.604. The van der Waals surface area contributed by atoms with E-state index in [9.17, 15) is 4.79 Å². The molecule has 1 amide bonds. The van der Waals surface area contributed by atoms with Gasteiger partial charge in [-0.2, -0.15) is 0 Å². The van der Waals surface area contributed by atoms with E-state index >= 15 is 0 Å². The summed E-state index contributed by atoms with van der Waals surface area (Å²) in [5.41, 5.74) is 5.68. The molecule has 62 valence electrons. The fraction of sp³-hybridized carbons (Fsp3) is 0. The second-order valence-corrected chi connectivity index (χ2v) is 2.53. The molecule has 0 bridgehead atoms. The molecular weight excluding hydrogens is 176 g/mol. The number of halogens is 1. The largest absolute Gasteiger partial charge is 0.364 e. The number of nitrogens with zero attached hydrogens (tertiary/aromatic N) is 1. The first-order valence-corrected chi connectivity index (χ1v) is 3.61. The molecule has 1 heterocycles. The summed E-state index contributed by atoms with van der Waals surface area (Å²) in [6.07, 6.45) is 2.88. The molecule has 3 nitrogen and oxygen atoms in total. The van der Waals surface area contributed by atoms with E-state index < -0.39 is 5.91 Å². The molecule has 0 aliphatic rings. The molecule has 1 aromatic rings.